The predicted molar refractivity (Wildman–Crippen MR) is 99.5 cm³/mol. The van der Waals surface area contributed by atoms with Crippen LogP contribution in [0.5, 0.6) is 0 Å². The molecule has 4 nitrogen and oxygen atoms in total. The summed E-state index contributed by atoms with van der Waals surface area (Å²) in [5.74, 6) is 0.334. The number of aromatic nitrogens is 2. The van der Waals surface area contributed by atoms with Crippen molar-refractivity contribution in [3.63, 3.8) is 0 Å². The molecule has 2 aromatic rings. The second kappa shape index (κ2) is 7.55. The zero-order valence-corrected chi connectivity index (χ0v) is 15.6. The highest BCUT2D eigenvalue weighted by Gasteiger charge is 2.32. The Morgan fingerprint density at radius 3 is 2.83 bits per heavy atom. The van der Waals surface area contributed by atoms with Crippen LogP contribution in [0.1, 0.15) is 30.1 Å². The van der Waals surface area contributed by atoms with Crippen LogP contribution in [0.25, 0.3) is 11.4 Å². The number of benzene rings is 1. The predicted octanol–water partition coefficient (Wildman–Crippen LogP) is 3.96. The number of hydrogen-bond acceptors (Lipinski definition) is 3. The fourth-order valence-corrected chi connectivity index (χ4v) is 4.56. The second-order valence-corrected chi connectivity index (χ2v) is 6.98. The lowest BCUT2D eigenvalue weighted by Crippen LogP contribution is -2.48. The van der Waals surface area contributed by atoms with E-state index >= 15 is 0 Å². The fraction of sp³-hybridized carbons (Fsp3) is 0.389. The van der Waals surface area contributed by atoms with Crippen molar-refractivity contribution in [2.45, 2.75) is 25.8 Å². The van der Waals surface area contributed by atoms with E-state index in [4.69, 9.17) is 0 Å². The van der Waals surface area contributed by atoms with Crippen LogP contribution >= 0.6 is 22.6 Å². The Kier molecular flexibility index (Phi) is 5.43. The van der Waals surface area contributed by atoms with Crippen LogP contribution in [0, 0.1) is 11.7 Å². The van der Waals surface area contributed by atoms with Crippen molar-refractivity contribution >= 4 is 28.5 Å². The first-order valence-electron chi connectivity index (χ1n) is 8.05. The molecule has 0 aliphatic carbocycles. The molecule has 1 saturated heterocycles. The molecule has 126 valence electrons. The van der Waals surface area contributed by atoms with E-state index in [0.29, 0.717) is 29.4 Å². The standard InChI is InChI=1S/C18H19FIN3O/c1-12-4-2-9-23(16(12)11-20)18(24)15-10-13(19)5-6-14(15)17-21-7-3-8-22-17/h3,5-8,10,12,16H,2,4,9,11H2,1H3/t12-,16-/m1/s1. The number of carbonyl (C=O) groups excluding carboxylic acids is 1. The average molecular weight is 439 g/mol. The highest BCUT2D eigenvalue weighted by atomic mass is 127. The zero-order valence-electron chi connectivity index (χ0n) is 13.5. The Morgan fingerprint density at radius 1 is 1.38 bits per heavy atom. The average Bonchev–Trinajstić information content (AvgIpc) is 2.61. The number of carbonyl (C=O) groups is 1. The monoisotopic (exact) mass is 439 g/mol. The van der Waals surface area contributed by atoms with Gasteiger partial charge in [-0.3, -0.25) is 4.79 Å². The molecule has 2 heterocycles. The third-order valence-electron chi connectivity index (χ3n) is 4.55. The Labute approximate surface area is 154 Å². The largest absolute Gasteiger partial charge is 0.335 e. The number of nitrogens with zero attached hydrogens (tertiary/aromatic N) is 3. The van der Waals surface area contributed by atoms with Gasteiger partial charge in [0.25, 0.3) is 5.91 Å². The van der Waals surface area contributed by atoms with E-state index in [1.807, 2.05) is 4.90 Å². The topological polar surface area (TPSA) is 46.1 Å². The van der Waals surface area contributed by atoms with E-state index in [2.05, 4.69) is 39.5 Å². The lowest BCUT2D eigenvalue weighted by molar-refractivity contribution is 0.0563. The minimum Gasteiger partial charge on any atom is -0.335 e. The van der Waals surface area contributed by atoms with Gasteiger partial charge in [0.1, 0.15) is 5.82 Å². The number of halogens is 2. The van der Waals surface area contributed by atoms with Crippen LogP contribution in [0.2, 0.25) is 0 Å². The number of rotatable bonds is 3. The van der Waals surface area contributed by atoms with Crippen LogP contribution in [0.15, 0.2) is 36.7 Å². The molecule has 0 unspecified atom stereocenters. The van der Waals surface area contributed by atoms with Gasteiger partial charge in [-0.15, -0.1) is 0 Å². The van der Waals surface area contributed by atoms with Gasteiger partial charge in [-0.1, -0.05) is 29.5 Å². The lowest BCUT2D eigenvalue weighted by atomic mass is 9.91. The van der Waals surface area contributed by atoms with Gasteiger partial charge in [-0.05, 0) is 43.0 Å². The summed E-state index contributed by atoms with van der Waals surface area (Å²) in [6.07, 6.45) is 5.34. The number of alkyl halides is 1. The summed E-state index contributed by atoms with van der Waals surface area (Å²) >= 11 is 2.32. The van der Waals surface area contributed by atoms with Gasteiger partial charge in [-0.25, -0.2) is 14.4 Å². The van der Waals surface area contributed by atoms with E-state index < -0.39 is 5.82 Å². The lowest BCUT2D eigenvalue weighted by Gasteiger charge is -2.39. The minimum absolute atomic E-state index is 0.134. The highest BCUT2D eigenvalue weighted by Crippen LogP contribution is 2.29. The first kappa shape index (κ1) is 17.3. The van der Waals surface area contributed by atoms with Gasteiger partial charge in [0.15, 0.2) is 5.82 Å². The Morgan fingerprint density at radius 2 is 2.12 bits per heavy atom. The summed E-state index contributed by atoms with van der Waals surface area (Å²) in [5.41, 5.74) is 0.914. The molecule has 1 aromatic heterocycles. The first-order valence-corrected chi connectivity index (χ1v) is 9.58. The van der Waals surface area contributed by atoms with Crippen LogP contribution in [0.3, 0.4) is 0 Å². The molecular formula is C18H19FIN3O. The SMILES string of the molecule is C[C@@H]1CCCN(C(=O)c2cc(F)ccc2-c2ncccn2)[C@@H]1CI. The van der Waals surface area contributed by atoms with E-state index in [0.717, 1.165) is 17.3 Å². The Bertz CT molecular complexity index is 725. The maximum atomic E-state index is 13.8. The molecular weight excluding hydrogens is 420 g/mol. The third-order valence-corrected chi connectivity index (χ3v) is 5.46. The molecule has 0 spiro atoms. The molecule has 24 heavy (non-hydrogen) atoms. The highest BCUT2D eigenvalue weighted by molar-refractivity contribution is 14.1. The molecule has 1 fully saturated rings. The number of hydrogen-bond donors (Lipinski definition) is 0. The molecule has 0 radical (unpaired) electrons. The quantitative estimate of drug-likeness (QED) is 0.538. The zero-order chi connectivity index (χ0) is 17.1. The smallest absolute Gasteiger partial charge is 0.254 e. The summed E-state index contributed by atoms with van der Waals surface area (Å²) < 4.78 is 14.7. The molecule has 6 heteroatoms. The van der Waals surface area contributed by atoms with Gasteiger partial charge in [0.2, 0.25) is 0 Å². The van der Waals surface area contributed by atoms with Crippen LogP contribution < -0.4 is 0 Å². The summed E-state index contributed by atoms with van der Waals surface area (Å²) in [4.78, 5) is 23.5. The van der Waals surface area contributed by atoms with Crippen molar-refractivity contribution in [3.05, 3.63) is 48.0 Å². The third kappa shape index (κ3) is 3.43. The molecule has 1 amide bonds. The van der Waals surface area contributed by atoms with Crippen molar-refractivity contribution in [2.75, 3.05) is 11.0 Å². The van der Waals surface area contributed by atoms with Crippen molar-refractivity contribution in [1.82, 2.24) is 14.9 Å². The molecule has 1 aliphatic rings. The van der Waals surface area contributed by atoms with Gasteiger partial charge in [0, 0.05) is 35.0 Å². The van der Waals surface area contributed by atoms with E-state index in [-0.39, 0.29) is 11.9 Å². The van der Waals surface area contributed by atoms with E-state index in [9.17, 15) is 9.18 Å². The van der Waals surface area contributed by atoms with E-state index in [1.165, 1.54) is 12.1 Å². The Balaban J connectivity index is 2.02. The summed E-state index contributed by atoms with van der Waals surface area (Å²) in [6, 6.07) is 6.13. The normalized spacial score (nSPS) is 20.9. The molecule has 1 aliphatic heterocycles. The maximum absolute atomic E-state index is 13.8. The van der Waals surface area contributed by atoms with Gasteiger partial charge in [0.05, 0.1) is 5.56 Å². The fourth-order valence-electron chi connectivity index (χ4n) is 3.22. The van der Waals surface area contributed by atoms with Gasteiger partial charge >= 0.3 is 0 Å². The van der Waals surface area contributed by atoms with Crippen molar-refractivity contribution in [3.8, 4) is 11.4 Å². The first-order chi connectivity index (χ1) is 11.6. The molecule has 1 aromatic carbocycles. The molecule has 0 saturated carbocycles. The van der Waals surface area contributed by atoms with E-state index in [1.54, 1.807) is 24.5 Å². The van der Waals surface area contributed by atoms with Crippen LogP contribution in [-0.4, -0.2) is 37.8 Å². The Hall–Kier alpha value is -1.57. The number of amides is 1. The van der Waals surface area contributed by atoms with Gasteiger partial charge < -0.3 is 4.90 Å². The summed E-state index contributed by atoms with van der Waals surface area (Å²) in [6.45, 7) is 2.89. The van der Waals surface area contributed by atoms with Crippen molar-refractivity contribution < 1.29 is 9.18 Å². The number of likely N-dealkylation sites (tertiary alicyclic amines) is 1. The molecule has 2 atom stereocenters. The van der Waals surface area contributed by atoms with Crippen molar-refractivity contribution in [2.24, 2.45) is 5.92 Å². The molecule has 0 bridgehead atoms. The summed E-state index contributed by atoms with van der Waals surface area (Å²) in [5, 5.41) is 0. The van der Waals surface area contributed by atoms with Crippen LogP contribution in [-0.2, 0) is 0 Å². The molecule has 3 rings (SSSR count). The van der Waals surface area contributed by atoms with Crippen LogP contribution in [0.4, 0.5) is 4.39 Å². The minimum atomic E-state index is -0.422. The summed E-state index contributed by atoms with van der Waals surface area (Å²) in [7, 11) is 0. The number of piperidine rings is 1. The molecule has 0 N–H and O–H groups in total. The maximum Gasteiger partial charge on any atom is 0.254 e. The second-order valence-electron chi connectivity index (χ2n) is 6.10. The van der Waals surface area contributed by atoms with Gasteiger partial charge in [-0.2, -0.15) is 0 Å². The van der Waals surface area contributed by atoms with Crippen molar-refractivity contribution in [1.29, 1.82) is 0 Å².